The molecule has 4 heteroatoms. The fourth-order valence-electron chi connectivity index (χ4n) is 1.94. The molecule has 2 rings (SSSR count). The number of aryl methyl sites for hydroxylation is 2. The molecular weight excluding hydrogens is 190 g/mol. The van der Waals surface area contributed by atoms with Crippen molar-refractivity contribution in [1.29, 1.82) is 0 Å². The van der Waals surface area contributed by atoms with Crippen LogP contribution in [0.4, 0.5) is 5.69 Å². The molecular formula is C11H15N3O. The Hall–Kier alpha value is -1.55. The standard InChI is InChI=1S/C11H15N3O/c1-7-5-9(12)11-10(6-7)13-8(2)14(11)3-4-15/h5-6,15H,3-4,12H2,1-2H3. The second-order valence-electron chi connectivity index (χ2n) is 3.76. The Morgan fingerprint density at radius 2 is 2.13 bits per heavy atom. The van der Waals surface area contributed by atoms with E-state index in [0.717, 1.165) is 28.1 Å². The maximum atomic E-state index is 8.98. The van der Waals surface area contributed by atoms with Gasteiger partial charge in [0, 0.05) is 6.54 Å². The molecule has 0 aliphatic rings. The number of nitrogens with zero attached hydrogens (tertiary/aromatic N) is 2. The first kappa shape index (κ1) is 9.98. The van der Waals surface area contributed by atoms with Gasteiger partial charge >= 0.3 is 0 Å². The van der Waals surface area contributed by atoms with Crippen molar-refractivity contribution >= 4 is 16.7 Å². The molecule has 0 spiro atoms. The molecule has 1 heterocycles. The quantitative estimate of drug-likeness (QED) is 0.725. The van der Waals surface area contributed by atoms with Crippen LogP contribution in [0.25, 0.3) is 11.0 Å². The minimum absolute atomic E-state index is 0.0968. The lowest BCUT2D eigenvalue weighted by molar-refractivity contribution is 0.276. The van der Waals surface area contributed by atoms with Crippen LogP contribution in [0.2, 0.25) is 0 Å². The second-order valence-corrected chi connectivity index (χ2v) is 3.76. The molecule has 0 unspecified atom stereocenters. The van der Waals surface area contributed by atoms with Crippen molar-refractivity contribution in [3.05, 3.63) is 23.5 Å². The van der Waals surface area contributed by atoms with Crippen molar-refractivity contribution in [3.8, 4) is 0 Å². The smallest absolute Gasteiger partial charge is 0.106 e. The molecule has 0 atom stereocenters. The van der Waals surface area contributed by atoms with Crippen molar-refractivity contribution in [3.63, 3.8) is 0 Å². The summed E-state index contributed by atoms with van der Waals surface area (Å²) in [4.78, 5) is 4.43. The van der Waals surface area contributed by atoms with E-state index in [9.17, 15) is 0 Å². The maximum Gasteiger partial charge on any atom is 0.106 e. The lowest BCUT2D eigenvalue weighted by atomic mass is 10.2. The number of hydrogen-bond donors (Lipinski definition) is 2. The summed E-state index contributed by atoms with van der Waals surface area (Å²) in [7, 11) is 0. The molecule has 3 N–H and O–H groups in total. The summed E-state index contributed by atoms with van der Waals surface area (Å²) in [5.74, 6) is 0.886. The van der Waals surface area contributed by atoms with Gasteiger partial charge in [0.2, 0.25) is 0 Å². The van der Waals surface area contributed by atoms with E-state index in [0.29, 0.717) is 6.54 Å². The average molecular weight is 205 g/mol. The molecule has 15 heavy (non-hydrogen) atoms. The Labute approximate surface area is 88.3 Å². The molecule has 0 aliphatic heterocycles. The van der Waals surface area contributed by atoms with Gasteiger partial charge in [-0.2, -0.15) is 0 Å². The highest BCUT2D eigenvalue weighted by Crippen LogP contribution is 2.23. The normalized spacial score (nSPS) is 11.1. The Morgan fingerprint density at radius 3 is 2.80 bits per heavy atom. The topological polar surface area (TPSA) is 64.1 Å². The molecule has 0 fully saturated rings. The fourth-order valence-corrected chi connectivity index (χ4v) is 1.94. The van der Waals surface area contributed by atoms with Gasteiger partial charge in [-0.05, 0) is 31.5 Å². The van der Waals surface area contributed by atoms with Crippen LogP contribution in [0, 0.1) is 13.8 Å². The van der Waals surface area contributed by atoms with Crippen LogP contribution in [-0.4, -0.2) is 21.3 Å². The van der Waals surface area contributed by atoms with E-state index < -0.39 is 0 Å². The lowest BCUT2D eigenvalue weighted by Crippen LogP contribution is -2.05. The predicted octanol–water partition coefficient (Wildman–Crippen LogP) is 1.23. The van der Waals surface area contributed by atoms with Crippen molar-refractivity contribution in [2.75, 3.05) is 12.3 Å². The third-order valence-electron chi connectivity index (χ3n) is 2.53. The van der Waals surface area contributed by atoms with Gasteiger partial charge in [0.25, 0.3) is 0 Å². The third kappa shape index (κ3) is 1.57. The predicted molar refractivity (Wildman–Crippen MR) is 60.7 cm³/mol. The highest BCUT2D eigenvalue weighted by atomic mass is 16.3. The van der Waals surface area contributed by atoms with E-state index in [-0.39, 0.29) is 6.61 Å². The zero-order valence-electron chi connectivity index (χ0n) is 8.99. The van der Waals surface area contributed by atoms with Crippen LogP contribution >= 0.6 is 0 Å². The number of rotatable bonds is 2. The summed E-state index contributed by atoms with van der Waals surface area (Å²) in [6.45, 7) is 4.55. The monoisotopic (exact) mass is 205 g/mol. The van der Waals surface area contributed by atoms with E-state index in [1.54, 1.807) is 0 Å². The number of aliphatic hydroxyl groups is 1. The molecule has 0 bridgehead atoms. The molecule has 2 aromatic rings. The number of imidazole rings is 1. The van der Waals surface area contributed by atoms with Crippen LogP contribution in [0.5, 0.6) is 0 Å². The van der Waals surface area contributed by atoms with E-state index in [4.69, 9.17) is 10.8 Å². The summed E-state index contributed by atoms with van der Waals surface area (Å²) in [5.41, 5.74) is 9.61. The Balaban J connectivity index is 2.75. The number of aliphatic hydroxyl groups excluding tert-OH is 1. The Morgan fingerprint density at radius 1 is 1.40 bits per heavy atom. The number of fused-ring (bicyclic) bond motifs is 1. The first-order chi connectivity index (χ1) is 7.13. The number of hydrogen-bond acceptors (Lipinski definition) is 3. The van der Waals surface area contributed by atoms with Gasteiger partial charge < -0.3 is 15.4 Å². The highest BCUT2D eigenvalue weighted by Gasteiger charge is 2.10. The number of benzene rings is 1. The van der Waals surface area contributed by atoms with Gasteiger partial charge in [0.1, 0.15) is 5.82 Å². The first-order valence-electron chi connectivity index (χ1n) is 4.97. The lowest BCUT2D eigenvalue weighted by Gasteiger charge is -2.06. The molecule has 0 radical (unpaired) electrons. The first-order valence-corrected chi connectivity index (χ1v) is 4.97. The number of aromatic nitrogens is 2. The molecule has 0 aliphatic carbocycles. The van der Waals surface area contributed by atoms with Gasteiger partial charge in [-0.25, -0.2) is 4.98 Å². The summed E-state index contributed by atoms with van der Waals surface area (Å²) < 4.78 is 1.95. The van der Waals surface area contributed by atoms with E-state index in [1.165, 1.54) is 0 Å². The summed E-state index contributed by atoms with van der Waals surface area (Å²) in [6, 6.07) is 3.93. The van der Waals surface area contributed by atoms with Crippen LogP contribution in [0.3, 0.4) is 0 Å². The number of anilines is 1. The van der Waals surface area contributed by atoms with Gasteiger partial charge in [0.05, 0.1) is 23.3 Å². The van der Waals surface area contributed by atoms with Gasteiger partial charge in [0.15, 0.2) is 0 Å². The molecule has 0 saturated heterocycles. The summed E-state index contributed by atoms with van der Waals surface area (Å²) in [6.07, 6.45) is 0. The number of nitrogens with two attached hydrogens (primary N) is 1. The zero-order valence-corrected chi connectivity index (χ0v) is 8.99. The zero-order chi connectivity index (χ0) is 11.0. The van der Waals surface area contributed by atoms with Crippen LogP contribution in [0.15, 0.2) is 12.1 Å². The van der Waals surface area contributed by atoms with Crippen molar-refractivity contribution in [1.82, 2.24) is 9.55 Å². The third-order valence-corrected chi connectivity index (χ3v) is 2.53. The van der Waals surface area contributed by atoms with Crippen LogP contribution < -0.4 is 5.73 Å². The minimum Gasteiger partial charge on any atom is -0.397 e. The Kier molecular flexibility index (Phi) is 2.36. The van der Waals surface area contributed by atoms with Crippen molar-refractivity contribution in [2.45, 2.75) is 20.4 Å². The van der Waals surface area contributed by atoms with Crippen LogP contribution in [-0.2, 0) is 6.54 Å². The van der Waals surface area contributed by atoms with E-state index in [2.05, 4.69) is 4.98 Å². The fraction of sp³-hybridized carbons (Fsp3) is 0.364. The Bertz CT molecular complexity index is 502. The summed E-state index contributed by atoms with van der Waals surface area (Å²) >= 11 is 0. The van der Waals surface area contributed by atoms with Gasteiger partial charge in [-0.3, -0.25) is 0 Å². The largest absolute Gasteiger partial charge is 0.397 e. The second kappa shape index (κ2) is 3.55. The van der Waals surface area contributed by atoms with Gasteiger partial charge in [-0.1, -0.05) is 0 Å². The molecule has 0 amide bonds. The van der Waals surface area contributed by atoms with Crippen LogP contribution in [0.1, 0.15) is 11.4 Å². The minimum atomic E-state index is 0.0968. The van der Waals surface area contributed by atoms with Gasteiger partial charge in [-0.15, -0.1) is 0 Å². The molecule has 1 aromatic carbocycles. The number of nitrogen functional groups attached to an aromatic ring is 1. The van der Waals surface area contributed by atoms with E-state index in [1.807, 2.05) is 30.5 Å². The SMILES string of the molecule is Cc1cc(N)c2c(c1)nc(C)n2CCO. The molecule has 1 aromatic heterocycles. The summed E-state index contributed by atoms with van der Waals surface area (Å²) in [5, 5.41) is 8.98. The molecule has 0 saturated carbocycles. The van der Waals surface area contributed by atoms with Crippen molar-refractivity contribution < 1.29 is 5.11 Å². The highest BCUT2D eigenvalue weighted by molar-refractivity contribution is 5.88. The molecule has 4 nitrogen and oxygen atoms in total. The van der Waals surface area contributed by atoms with E-state index >= 15 is 0 Å². The molecule has 80 valence electrons. The maximum absolute atomic E-state index is 8.98. The van der Waals surface area contributed by atoms with Crippen molar-refractivity contribution in [2.24, 2.45) is 0 Å². The average Bonchev–Trinajstić information content (AvgIpc) is 2.43.